The molecular formula is C19H14ClF6N5O2. The van der Waals surface area contributed by atoms with Crippen molar-refractivity contribution in [3.63, 3.8) is 0 Å². The molecule has 0 spiro atoms. The van der Waals surface area contributed by atoms with Crippen molar-refractivity contribution in [2.75, 3.05) is 0 Å². The predicted octanol–water partition coefficient (Wildman–Crippen LogP) is 4.77. The number of hydrogen-bond acceptors (Lipinski definition) is 5. The zero-order chi connectivity index (χ0) is 24.3. The zero-order valence-corrected chi connectivity index (χ0v) is 17.3. The van der Waals surface area contributed by atoms with Crippen LogP contribution in [0, 0.1) is 0 Å². The Labute approximate surface area is 187 Å². The van der Waals surface area contributed by atoms with Crippen LogP contribution < -0.4 is 10.1 Å². The van der Waals surface area contributed by atoms with Crippen LogP contribution in [-0.2, 0) is 6.18 Å². The summed E-state index contributed by atoms with van der Waals surface area (Å²) < 4.78 is 82.0. The predicted molar refractivity (Wildman–Crippen MR) is 103 cm³/mol. The fourth-order valence-corrected chi connectivity index (χ4v) is 2.94. The number of ether oxygens (including phenoxy) is 1. The van der Waals surface area contributed by atoms with Crippen molar-refractivity contribution in [2.45, 2.75) is 31.9 Å². The second kappa shape index (κ2) is 9.65. The van der Waals surface area contributed by atoms with E-state index in [-0.39, 0.29) is 28.0 Å². The Morgan fingerprint density at radius 3 is 2.48 bits per heavy atom. The summed E-state index contributed by atoms with van der Waals surface area (Å²) in [7, 11) is 0. The first-order chi connectivity index (χ1) is 15.5. The largest absolute Gasteiger partial charge is 0.453 e. The number of hydrogen-bond donors (Lipinski definition) is 1. The highest BCUT2D eigenvalue weighted by molar-refractivity contribution is 6.31. The van der Waals surface area contributed by atoms with E-state index in [1.165, 1.54) is 23.7 Å². The molecule has 0 aliphatic carbocycles. The number of aromatic nitrogens is 4. The normalized spacial score (nSPS) is 13.6. The maximum absolute atomic E-state index is 13.0. The lowest BCUT2D eigenvalue weighted by molar-refractivity contribution is -0.137. The molecule has 2 aromatic heterocycles. The molecule has 7 nitrogen and oxygen atoms in total. The third-order valence-electron chi connectivity index (χ3n) is 4.18. The maximum atomic E-state index is 13.0. The van der Waals surface area contributed by atoms with Crippen molar-refractivity contribution in [3.05, 3.63) is 64.8 Å². The molecule has 1 amide bonds. The Balaban J connectivity index is 1.77. The van der Waals surface area contributed by atoms with E-state index in [1.807, 2.05) is 0 Å². The van der Waals surface area contributed by atoms with Crippen LogP contribution in [-0.4, -0.2) is 38.4 Å². The summed E-state index contributed by atoms with van der Waals surface area (Å²) in [6, 6.07) is 4.06. The molecule has 1 N–H and O–H groups in total. The highest BCUT2D eigenvalue weighted by Crippen LogP contribution is 2.32. The minimum Gasteiger partial charge on any atom is -0.453 e. The topological polar surface area (TPSA) is 81.9 Å². The number of benzene rings is 1. The molecule has 0 aliphatic rings. The van der Waals surface area contributed by atoms with Crippen molar-refractivity contribution in [2.24, 2.45) is 0 Å². The van der Waals surface area contributed by atoms with E-state index >= 15 is 0 Å². The van der Waals surface area contributed by atoms with Crippen LogP contribution in [0.2, 0.25) is 5.02 Å². The summed E-state index contributed by atoms with van der Waals surface area (Å²) in [5.41, 5.74) is -1.39. The molecule has 0 saturated heterocycles. The summed E-state index contributed by atoms with van der Waals surface area (Å²) in [4.78, 5) is 20.4. The van der Waals surface area contributed by atoms with Gasteiger partial charge in [0.1, 0.15) is 12.1 Å². The zero-order valence-electron chi connectivity index (χ0n) is 16.5. The number of carbonyl (C=O) groups is 1. The van der Waals surface area contributed by atoms with E-state index in [0.717, 1.165) is 18.6 Å². The lowest BCUT2D eigenvalue weighted by atomic mass is 10.1. The van der Waals surface area contributed by atoms with Crippen molar-refractivity contribution in [1.82, 2.24) is 25.1 Å². The van der Waals surface area contributed by atoms with E-state index in [9.17, 15) is 31.1 Å². The van der Waals surface area contributed by atoms with Gasteiger partial charge in [-0.1, -0.05) is 11.6 Å². The van der Waals surface area contributed by atoms with Crippen LogP contribution in [0.4, 0.5) is 26.3 Å². The minimum absolute atomic E-state index is 0.130. The number of alkyl halides is 6. The van der Waals surface area contributed by atoms with Gasteiger partial charge in [-0.2, -0.15) is 27.3 Å². The number of rotatable bonds is 7. The van der Waals surface area contributed by atoms with Crippen LogP contribution in [0.1, 0.15) is 34.7 Å². The molecule has 0 fully saturated rings. The van der Waals surface area contributed by atoms with Gasteiger partial charge in [0.15, 0.2) is 11.6 Å². The molecule has 0 saturated carbocycles. The average Bonchev–Trinajstić information content (AvgIpc) is 3.23. The van der Waals surface area contributed by atoms with Crippen LogP contribution in [0.3, 0.4) is 0 Å². The average molecular weight is 494 g/mol. The van der Waals surface area contributed by atoms with E-state index < -0.39 is 36.5 Å². The first-order valence-electron chi connectivity index (χ1n) is 9.09. The van der Waals surface area contributed by atoms with Gasteiger partial charge in [-0.15, -0.1) is 0 Å². The third kappa shape index (κ3) is 5.92. The monoisotopic (exact) mass is 493 g/mol. The van der Waals surface area contributed by atoms with Crippen LogP contribution in [0.5, 0.6) is 5.75 Å². The van der Waals surface area contributed by atoms with E-state index in [4.69, 9.17) is 11.6 Å². The first kappa shape index (κ1) is 24.3. The second-order valence-electron chi connectivity index (χ2n) is 6.61. The van der Waals surface area contributed by atoms with Crippen molar-refractivity contribution < 1.29 is 35.9 Å². The molecule has 2 atom stereocenters. The van der Waals surface area contributed by atoms with Gasteiger partial charge >= 0.3 is 12.6 Å². The number of nitrogens with one attached hydrogen (secondary N) is 1. The van der Waals surface area contributed by atoms with Crippen molar-refractivity contribution in [1.29, 1.82) is 0 Å². The van der Waals surface area contributed by atoms with Crippen LogP contribution in [0.25, 0.3) is 5.82 Å². The SMILES string of the molecule is C[C@H](NC(=O)c1cc(Cl)cc(C(F)(F)F)c1)c1ncnn1-c1ccc(OC(F)C(F)F)cn1. The first-order valence-corrected chi connectivity index (χ1v) is 9.47. The summed E-state index contributed by atoms with van der Waals surface area (Å²) >= 11 is 5.71. The molecule has 176 valence electrons. The molecule has 1 unspecified atom stereocenters. The van der Waals surface area contributed by atoms with Gasteiger partial charge in [0, 0.05) is 10.6 Å². The smallest absolute Gasteiger partial charge is 0.416 e. The Morgan fingerprint density at radius 2 is 1.88 bits per heavy atom. The van der Waals surface area contributed by atoms with Gasteiger partial charge in [-0.05, 0) is 37.3 Å². The molecule has 3 rings (SSSR count). The number of pyridine rings is 1. The lowest BCUT2D eigenvalue weighted by Crippen LogP contribution is -2.29. The van der Waals surface area contributed by atoms with Crippen molar-refractivity contribution >= 4 is 17.5 Å². The lowest BCUT2D eigenvalue weighted by Gasteiger charge is -2.16. The summed E-state index contributed by atoms with van der Waals surface area (Å²) in [5.74, 6) is -0.817. The van der Waals surface area contributed by atoms with Crippen LogP contribution >= 0.6 is 11.6 Å². The molecule has 0 aliphatic heterocycles. The summed E-state index contributed by atoms with van der Waals surface area (Å²) in [5, 5.41) is 6.18. The second-order valence-corrected chi connectivity index (χ2v) is 7.04. The van der Waals surface area contributed by atoms with Gasteiger partial charge in [0.05, 0.1) is 17.8 Å². The Kier molecular flexibility index (Phi) is 7.10. The Hall–Kier alpha value is -3.35. The van der Waals surface area contributed by atoms with Crippen molar-refractivity contribution in [3.8, 4) is 11.6 Å². The molecule has 0 bridgehead atoms. The minimum atomic E-state index is -4.69. The summed E-state index contributed by atoms with van der Waals surface area (Å²) in [6.07, 6.45) is -8.71. The molecule has 33 heavy (non-hydrogen) atoms. The van der Waals surface area contributed by atoms with Gasteiger partial charge in [0.2, 0.25) is 0 Å². The number of amides is 1. The number of carbonyl (C=O) groups excluding carboxylic acids is 1. The fraction of sp³-hybridized carbons (Fsp3) is 0.263. The van der Waals surface area contributed by atoms with E-state index in [0.29, 0.717) is 12.1 Å². The molecular weight excluding hydrogens is 480 g/mol. The van der Waals surface area contributed by atoms with Gasteiger partial charge < -0.3 is 10.1 Å². The van der Waals surface area contributed by atoms with Gasteiger partial charge in [-0.3, -0.25) is 4.79 Å². The highest BCUT2D eigenvalue weighted by atomic mass is 35.5. The number of halogens is 7. The Morgan fingerprint density at radius 1 is 1.15 bits per heavy atom. The molecule has 0 radical (unpaired) electrons. The molecule has 14 heteroatoms. The van der Waals surface area contributed by atoms with E-state index in [2.05, 4.69) is 25.1 Å². The number of nitrogens with zero attached hydrogens (tertiary/aromatic N) is 4. The fourth-order valence-electron chi connectivity index (χ4n) is 2.70. The standard InChI is InChI=1S/C19H14ClF6N5O2/c1-9(30-18(32)10-4-11(19(24,25)26)6-12(20)5-10)17-28-8-29-31(17)14-3-2-13(7-27-14)33-16(23)15(21)22/h2-9,15-16H,1H3,(H,30,32)/t9-,16?/m0/s1. The van der Waals surface area contributed by atoms with Gasteiger partial charge in [-0.25, -0.2) is 18.7 Å². The Bertz CT molecular complexity index is 1120. The maximum Gasteiger partial charge on any atom is 0.416 e. The quantitative estimate of drug-likeness (QED) is 0.480. The molecule has 1 aromatic carbocycles. The molecule has 2 heterocycles. The summed E-state index contributed by atoms with van der Waals surface area (Å²) in [6.45, 7) is 1.50. The van der Waals surface area contributed by atoms with Gasteiger partial charge in [0.25, 0.3) is 12.3 Å². The molecule has 3 aromatic rings. The van der Waals surface area contributed by atoms with E-state index in [1.54, 1.807) is 0 Å². The highest BCUT2D eigenvalue weighted by Gasteiger charge is 2.32. The van der Waals surface area contributed by atoms with Crippen LogP contribution in [0.15, 0.2) is 42.9 Å². The third-order valence-corrected chi connectivity index (χ3v) is 4.40.